The molecule has 0 aliphatic carbocycles. The van der Waals surface area contributed by atoms with Crippen molar-refractivity contribution in [2.45, 2.75) is 26.2 Å². The summed E-state index contributed by atoms with van der Waals surface area (Å²) in [6, 6.07) is 5.90. The molecule has 2 aromatic heterocycles. The van der Waals surface area contributed by atoms with Gasteiger partial charge in [-0.1, -0.05) is 24.7 Å². The maximum Gasteiger partial charge on any atom is 0.226 e. The van der Waals surface area contributed by atoms with E-state index in [0.717, 1.165) is 28.7 Å². The molecule has 1 amide bonds. The van der Waals surface area contributed by atoms with Gasteiger partial charge < -0.3 is 5.32 Å². The van der Waals surface area contributed by atoms with Crippen LogP contribution in [-0.4, -0.2) is 25.7 Å². The molecule has 3 rings (SSSR count). The van der Waals surface area contributed by atoms with Crippen molar-refractivity contribution in [3.8, 4) is 5.69 Å². The minimum Gasteiger partial charge on any atom is -0.302 e. The molecule has 0 atom stereocenters. The maximum absolute atomic E-state index is 11.7. The molecule has 3 aromatic rings. The van der Waals surface area contributed by atoms with Gasteiger partial charge in [-0.2, -0.15) is 0 Å². The number of fused-ring (bicyclic) bond motifs is 1. The lowest BCUT2D eigenvalue weighted by Crippen LogP contribution is -2.10. The molecule has 0 spiro atoms. The Bertz CT molecular complexity index is 750. The third-order valence-electron chi connectivity index (χ3n) is 3.09. The first-order valence-electron chi connectivity index (χ1n) is 6.81. The number of amides is 1. The van der Waals surface area contributed by atoms with E-state index in [9.17, 15) is 4.79 Å². The SMILES string of the molecule is CCCCC(=O)Nc1nc2ccc(-n3cnnc3)cc2s1. The number of carbonyl (C=O) groups excluding carboxylic acids is 1. The summed E-state index contributed by atoms with van der Waals surface area (Å²) in [5.41, 5.74) is 1.85. The minimum absolute atomic E-state index is 0.0231. The lowest BCUT2D eigenvalue weighted by atomic mass is 10.2. The quantitative estimate of drug-likeness (QED) is 0.786. The second kappa shape index (κ2) is 6.01. The van der Waals surface area contributed by atoms with Gasteiger partial charge in [-0.15, -0.1) is 10.2 Å². The molecule has 7 heteroatoms. The molecule has 2 heterocycles. The number of anilines is 1. The van der Waals surface area contributed by atoms with Gasteiger partial charge in [0.15, 0.2) is 5.13 Å². The van der Waals surface area contributed by atoms with Crippen molar-refractivity contribution in [2.24, 2.45) is 0 Å². The van der Waals surface area contributed by atoms with Crippen LogP contribution < -0.4 is 5.32 Å². The molecule has 0 aliphatic rings. The second-order valence-corrected chi connectivity index (χ2v) is 5.72. The maximum atomic E-state index is 11.7. The van der Waals surface area contributed by atoms with E-state index in [0.29, 0.717) is 11.6 Å². The number of nitrogens with zero attached hydrogens (tertiary/aromatic N) is 4. The Hall–Kier alpha value is -2.28. The molecule has 0 saturated heterocycles. The summed E-state index contributed by atoms with van der Waals surface area (Å²) < 4.78 is 2.85. The Morgan fingerprint density at radius 3 is 2.90 bits per heavy atom. The molecule has 1 aromatic carbocycles. The number of aromatic nitrogens is 4. The number of hydrogen-bond acceptors (Lipinski definition) is 5. The first-order chi connectivity index (χ1) is 10.3. The minimum atomic E-state index is 0.0231. The molecule has 108 valence electrons. The van der Waals surface area contributed by atoms with Gasteiger partial charge in [-0.25, -0.2) is 4.98 Å². The van der Waals surface area contributed by atoms with E-state index in [1.807, 2.05) is 22.8 Å². The summed E-state index contributed by atoms with van der Waals surface area (Å²) in [4.78, 5) is 16.2. The molecule has 6 nitrogen and oxygen atoms in total. The van der Waals surface area contributed by atoms with Gasteiger partial charge in [0.05, 0.1) is 10.2 Å². The topological polar surface area (TPSA) is 72.7 Å². The molecule has 0 aliphatic heterocycles. The van der Waals surface area contributed by atoms with Crippen molar-refractivity contribution < 1.29 is 4.79 Å². The van der Waals surface area contributed by atoms with Crippen molar-refractivity contribution in [3.05, 3.63) is 30.9 Å². The highest BCUT2D eigenvalue weighted by molar-refractivity contribution is 7.22. The number of benzene rings is 1. The number of hydrogen-bond donors (Lipinski definition) is 1. The fraction of sp³-hybridized carbons (Fsp3) is 0.286. The first kappa shape index (κ1) is 13.7. The molecule has 0 radical (unpaired) electrons. The molecular weight excluding hydrogens is 286 g/mol. The van der Waals surface area contributed by atoms with Crippen LogP contribution in [0.25, 0.3) is 15.9 Å². The average molecular weight is 301 g/mol. The molecule has 1 N–H and O–H groups in total. The molecule has 0 saturated carbocycles. The van der Waals surface area contributed by atoms with Crippen LogP contribution in [0.5, 0.6) is 0 Å². The monoisotopic (exact) mass is 301 g/mol. The van der Waals surface area contributed by atoms with Crippen LogP contribution in [0.3, 0.4) is 0 Å². The molecule has 0 bridgehead atoms. The normalized spacial score (nSPS) is 10.9. The summed E-state index contributed by atoms with van der Waals surface area (Å²) in [5.74, 6) is 0.0231. The fourth-order valence-electron chi connectivity index (χ4n) is 1.98. The van der Waals surface area contributed by atoms with Gasteiger partial charge in [0.2, 0.25) is 5.91 Å². The standard InChI is InChI=1S/C14H15N5OS/c1-2-3-4-13(20)18-14-17-11-6-5-10(7-12(11)21-14)19-8-15-16-9-19/h5-9H,2-4H2,1H3,(H,17,18,20). The van der Waals surface area contributed by atoms with E-state index >= 15 is 0 Å². The van der Waals surface area contributed by atoms with Crippen LogP contribution in [0, 0.1) is 0 Å². The zero-order chi connectivity index (χ0) is 14.7. The largest absolute Gasteiger partial charge is 0.302 e. The van der Waals surface area contributed by atoms with Crippen LogP contribution in [0.15, 0.2) is 30.9 Å². The summed E-state index contributed by atoms with van der Waals surface area (Å²) >= 11 is 1.47. The Morgan fingerprint density at radius 2 is 2.14 bits per heavy atom. The lowest BCUT2D eigenvalue weighted by molar-refractivity contribution is -0.116. The van der Waals surface area contributed by atoms with Gasteiger partial charge in [0, 0.05) is 12.1 Å². The Kier molecular flexibility index (Phi) is 3.92. The molecular formula is C14H15N5OS. The molecule has 0 fully saturated rings. The third-order valence-corrected chi connectivity index (χ3v) is 4.03. The van der Waals surface area contributed by atoms with Crippen LogP contribution in [-0.2, 0) is 4.79 Å². The zero-order valence-corrected chi connectivity index (χ0v) is 12.4. The number of rotatable bonds is 5. The van der Waals surface area contributed by atoms with E-state index in [-0.39, 0.29) is 5.91 Å². The predicted molar refractivity (Wildman–Crippen MR) is 82.7 cm³/mol. The second-order valence-electron chi connectivity index (χ2n) is 4.69. The van der Waals surface area contributed by atoms with E-state index in [2.05, 4.69) is 27.4 Å². The van der Waals surface area contributed by atoms with E-state index < -0.39 is 0 Å². The summed E-state index contributed by atoms with van der Waals surface area (Å²) in [6.07, 6.45) is 5.74. The molecule has 21 heavy (non-hydrogen) atoms. The summed E-state index contributed by atoms with van der Waals surface area (Å²) in [6.45, 7) is 2.07. The van der Waals surface area contributed by atoms with Crippen LogP contribution >= 0.6 is 11.3 Å². The Labute approximate surface area is 125 Å². The average Bonchev–Trinajstić information content (AvgIpc) is 3.12. The van der Waals surface area contributed by atoms with Crippen molar-refractivity contribution in [1.29, 1.82) is 0 Å². The Balaban J connectivity index is 1.82. The van der Waals surface area contributed by atoms with Gasteiger partial charge in [0.1, 0.15) is 12.7 Å². The summed E-state index contributed by atoms with van der Waals surface area (Å²) in [5, 5.41) is 11.1. The fourth-order valence-corrected chi connectivity index (χ4v) is 2.90. The van der Waals surface area contributed by atoms with E-state index in [1.165, 1.54) is 11.3 Å². The van der Waals surface area contributed by atoms with Crippen LogP contribution in [0.1, 0.15) is 26.2 Å². The van der Waals surface area contributed by atoms with Gasteiger partial charge >= 0.3 is 0 Å². The number of carbonyl (C=O) groups is 1. The Morgan fingerprint density at radius 1 is 1.33 bits per heavy atom. The smallest absolute Gasteiger partial charge is 0.226 e. The van der Waals surface area contributed by atoms with Crippen molar-refractivity contribution >= 4 is 32.6 Å². The predicted octanol–water partition coefficient (Wildman–Crippen LogP) is 3.01. The van der Waals surface area contributed by atoms with Crippen LogP contribution in [0.2, 0.25) is 0 Å². The number of nitrogens with one attached hydrogen (secondary N) is 1. The highest BCUT2D eigenvalue weighted by Gasteiger charge is 2.08. The highest BCUT2D eigenvalue weighted by Crippen LogP contribution is 2.28. The van der Waals surface area contributed by atoms with Gasteiger partial charge in [-0.3, -0.25) is 9.36 Å². The van der Waals surface area contributed by atoms with Crippen molar-refractivity contribution in [2.75, 3.05) is 5.32 Å². The van der Waals surface area contributed by atoms with E-state index in [1.54, 1.807) is 12.7 Å². The third kappa shape index (κ3) is 3.08. The lowest BCUT2D eigenvalue weighted by Gasteiger charge is -1.99. The highest BCUT2D eigenvalue weighted by atomic mass is 32.1. The van der Waals surface area contributed by atoms with E-state index in [4.69, 9.17) is 0 Å². The van der Waals surface area contributed by atoms with Crippen molar-refractivity contribution in [3.63, 3.8) is 0 Å². The summed E-state index contributed by atoms with van der Waals surface area (Å²) in [7, 11) is 0. The number of unbranched alkanes of at least 4 members (excludes halogenated alkanes) is 1. The number of thiazole rings is 1. The first-order valence-corrected chi connectivity index (χ1v) is 7.63. The zero-order valence-electron chi connectivity index (χ0n) is 11.6. The van der Waals surface area contributed by atoms with Gasteiger partial charge in [0.25, 0.3) is 0 Å². The van der Waals surface area contributed by atoms with Gasteiger partial charge in [-0.05, 0) is 24.6 Å². The van der Waals surface area contributed by atoms with Crippen LogP contribution in [0.4, 0.5) is 5.13 Å². The van der Waals surface area contributed by atoms with Crippen molar-refractivity contribution in [1.82, 2.24) is 19.7 Å². The molecule has 0 unspecified atom stereocenters.